The van der Waals surface area contributed by atoms with Crippen molar-refractivity contribution in [2.45, 2.75) is 18.5 Å². The zero-order chi connectivity index (χ0) is 18.8. The number of hydrogen-bond donors (Lipinski definition) is 1. The zero-order valence-electron chi connectivity index (χ0n) is 15.1. The highest BCUT2D eigenvalue weighted by atomic mass is 19.1. The molecule has 0 unspecified atom stereocenters. The smallest absolute Gasteiger partial charge is 0.227 e. The first-order valence-corrected chi connectivity index (χ1v) is 9.25. The summed E-state index contributed by atoms with van der Waals surface area (Å²) in [7, 11) is 0. The van der Waals surface area contributed by atoms with Gasteiger partial charge in [0.2, 0.25) is 5.91 Å². The Balaban J connectivity index is 1.42. The number of aromatic hydroxyl groups is 1. The van der Waals surface area contributed by atoms with Gasteiger partial charge in [-0.05, 0) is 23.3 Å². The number of rotatable bonds is 3. The minimum absolute atomic E-state index is 0.0263. The Bertz CT molecular complexity index is 814. The highest BCUT2D eigenvalue weighted by Gasteiger charge is 2.37. The number of ether oxygens (including phenoxy) is 1. The molecule has 4 rings (SSSR count). The Morgan fingerprint density at radius 3 is 2.74 bits per heavy atom. The molecule has 27 heavy (non-hydrogen) atoms. The molecule has 1 N–H and O–H groups in total. The maximum absolute atomic E-state index is 13.5. The lowest BCUT2D eigenvalue weighted by molar-refractivity contribution is -0.139. The van der Waals surface area contributed by atoms with Gasteiger partial charge in [-0.25, -0.2) is 4.39 Å². The number of benzene rings is 2. The summed E-state index contributed by atoms with van der Waals surface area (Å²) in [6.07, 6.45) is 0.132. The van der Waals surface area contributed by atoms with Gasteiger partial charge in [0.1, 0.15) is 0 Å². The standard InChI is InChI=1S/C21H23FN2O3/c22-18-10-15(6-7-20(18)25)11-21(26)23-8-9-24-17(12-23)13-27-14-19(24)16-4-2-1-3-5-16/h1-7,10,17,19,25H,8-9,11-14H2/t17-,19-/m1/s1. The van der Waals surface area contributed by atoms with Crippen molar-refractivity contribution in [1.82, 2.24) is 9.80 Å². The van der Waals surface area contributed by atoms with Crippen LogP contribution in [0.5, 0.6) is 5.75 Å². The Morgan fingerprint density at radius 2 is 1.96 bits per heavy atom. The normalized spacial score (nSPS) is 23.1. The molecule has 2 aliphatic heterocycles. The summed E-state index contributed by atoms with van der Waals surface area (Å²) in [5, 5.41) is 9.28. The Labute approximate surface area is 158 Å². The van der Waals surface area contributed by atoms with Crippen molar-refractivity contribution in [3.63, 3.8) is 0 Å². The van der Waals surface area contributed by atoms with E-state index in [2.05, 4.69) is 17.0 Å². The van der Waals surface area contributed by atoms with Gasteiger partial charge in [0, 0.05) is 19.6 Å². The average molecular weight is 370 g/mol. The molecule has 2 atom stereocenters. The van der Waals surface area contributed by atoms with E-state index in [0.29, 0.717) is 31.9 Å². The zero-order valence-corrected chi connectivity index (χ0v) is 15.1. The predicted molar refractivity (Wildman–Crippen MR) is 98.8 cm³/mol. The SMILES string of the molecule is O=C(Cc1ccc(O)c(F)c1)N1CCN2[C@@H](COC[C@@H]2c2ccccc2)C1. The largest absolute Gasteiger partial charge is 0.505 e. The molecule has 0 aromatic heterocycles. The molecule has 2 saturated heterocycles. The van der Waals surface area contributed by atoms with E-state index in [-0.39, 0.29) is 24.4 Å². The van der Waals surface area contributed by atoms with Crippen LogP contribution >= 0.6 is 0 Å². The minimum Gasteiger partial charge on any atom is -0.505 e. The van der Waals surface area contributed by atoms with Crippen molar-refractivity contribution in [1.29, 1.82) is 0 Å². The predicted octanol–water partition coefficient (Wildman–Crippen LogP) is 2.36. The van der Waals surface area contributed by atoms with Gasteiger partial charge in [0.15, 0.2) is 11.6 Å². The topological polar surface area (TPSA) is 53.0 Å². The quantitative estimate of drug-likeness (QED) is 0.901. The maximum Gasteiger partial charge on any atom is 0.227 e. The summed E-state index contributed by atoms with van der Waals surface area (Å²) in [4.78, 5) is 16.9. The first-order valence-electron chi connectivity index (χ1n) is 9.25. The molecule has 0 bridgehead atoms. The molecule has 6 heteroatoms. The maximum atomic E-state index is 13.5. The number of amides is 1. The first kappa shape index (κ1) is 17.9. The van der Waals surface area contributed by atoms with Crippen LogP contribution < -0.4 is 0 Å². The van der Waals surface area contributed by atoms with E-state index in [0.717, 1.165) is 6.54 Å². The second-order valence-electron chi connectivity index (χ2n) is 7.16. The van der Waals surface area contributed by atoms with Crippen LogP contribution in [0, 0.1) is 5.82 Å². The van der Waals surface area contributed by atoms with Crippen LogP contribution in [0.1, 0.15) is 17.2 Å². The molecule has 2 heterocycles. The van der Waals surface area contributed by atoms with Gasteiger partial charge < -0.3 is 14.7 Å². The van der Waals surface area contributed by atoms with E-state index in [1.165, 1.54) is 17.7 Å². The van der Waals surface area contributed by atoms with Gasteiger partial charge in [0.25, 0.3) is 0 Å². The molecule has 2 aromatic rings. The first-order chi connectivity index (χ1) is 13.1. The average Bonchev–Trinajstić information content (AvgIpc) is 2.70. The fraction of sp³-hybridized carbons (Fsp3) is 0.381. The number of fused-ring (bicyclic) bond motifs is 1. The van der Waals surface area contributed by atoms with Crippen molar-refractivity contribution >= 4 is 5.91 Å². The number of phenols is 1. The third-order valence-corrected chi connectivity index (χ3v) is 5.42. The molecule has 1 amide bonds. The number of morpholine rings is 1. The number of nitrogens with zero attached hydrogens (tertiary/aromatic N) is 2. The van der Waals surface area contributed by atoms with Crippen LogP contribution in [0.3, 0.4) is 0 Å². The Hall–Kier alpha value is -2.44. The van der Waals surface area contributed by atoms with Crippen molar-refractivity contribution in [2.75, 3.05) is 32.8 Å². The van der Waals surface area contributed by atoms with Crippen molar-refractivity contribution < 1.29 is 19.0 Å². The minimum atomic E-state index is -0.698. The van der Waals surface area contributed by atoms with Crippen molar-refractivity contribution in [2.24, 2.45) is 0 Å². The third kappa shape index (κ3) is 3.82. The van der Waals surface area contributed by atoms with Gasteiger partial charge >= 0.3 is 0 Å². The van der Waals surface area contributed by atoms with E-state index in [4.69, 9.17) is 4.74 Å². The molecule has 5 nitrogen and oxygen atoms in total. The van der Waals surface area contributed by atoms with Gasteiger partial charge in [0.05, 0.1) is 31.7 Å². The molecule has 142 valence electrons. The van der Waals surface area contributed by atoms with Crippen LogP contribution in [-0.2, 0) is 16.0 Å². The summed E-state index contributed by atoms with van der Waals surface area (Å²) >= 11 is 0. The summed E-state index contributed by atoms with van der Waals surface area (Å²) < 4.78 is 19.3. The second-order valence-corrected chi connectivity index (χ2v) is 7.16. The van der Waals surface area contributed by atoms with Gasteiger partial charge in [-0.2, -0.15) is 0 Å². The van der Waals surface area contributed by atoms with E-state index in [1.54, 1.807) is 6.07 Å². The second kappa shape index (κ2) is 7.66. The molecule has 2 aliphatic rings. The molecule has 2 fully saturated rings. The van der Waals surface area contributed by atoms with E-state index >= 15 is 0 Å². The number of hydrogen-bond acceptors (Lipinski definition) is 4. The highest BCUT2D eigenvalue weighted by Crippen LogP contribution is 2.29. The van der Waals surface area contributed by atoms with Crippen LogP contribution in [0.4, 0.5) is 4.39 Å². The molecule has 2 aromatic carbocycles. The van der Waals surface area contributed by atoms with Gasteiger partial charge in [-0.3, -0.25) is 9.69 Å². The summed E-state index contributed by atoms with van der Waals surface area (Å²) in [6, 6.07) is 14.8. The number of phenolic OH excluding ortho intramolecular Hbond substituents is 1. The van der Waals surface area contributed by atoms with Crippen LogP contribution in [0.25, 0.3) is 0 Å². The number of carbonyl (C=O) groups is 1. The van der Waals surface area contributed by atoms with Crippen molar-refractivity contribution in [3.8, 4) is 5.75 Å². The highest BCUT2D eigenvalue weighted by molar-refractivity contribution is 5.79. The number of halogens is 1. The molecule has 0 saturated carbocycles. The molecular weight excluding hydrogens is 347 g/mol. The van der Waals surface area contributed by atoms with Gasteiger partial charge in [-0.1, -0.05) is 36.4 Å². The Morgan fingerprint density at radius 1 is 1.15 bits per heavy atom. The van der Waals surface area contributed by atoms with Gasteiger partial charge in [-0.15, -0.1) is 0 Å². The lowest BCUT2D eigenvalue weighted by Crippen LogP contribution is -2.60. The fourth-order valence-corrected chi connectivity index (χ4v) is 3.98. The molecular formula is C21H23FN2O3. The molecule has 0 spiro atoms. The monoisotopic (exact) mass is 370 g/mol. The van der Waals surface area contributed by atoms with Crippen LogP contribution in [0.2, 0.25) is 0 Å². The molecule has 0 radical (unpaired) electrons. The van der Waals surface area contributed by atoms with E-state index in [9.17, 15) is 14.3 Å². The lowest BCUT2D eigenvalue weighted by atomic mass is 10.00. The van der Waals surface area contributed by atoms with Crippen LogP contribution in [-0.4, -0.2) is 59.7 Å². The number of carbonyl (C=O) groups excluding carboxylic acids is 1. The summed E-state index contributed by atoms with van der Waals surface area (Å²) in [5.74, 6) is -1.12. The van der Waals surface area contributed by atoms with Crippen molar-refractivity contribution in [3.05, 3.63) is 65.5 Å². The lowest BCUT2D eigenvalue weighted by Gasteiger charge is -2.48. The third-order valence-electron chi connectivity index (χ3n) is 5.42. The van der Waals surface area contributed by atoms with E-state index in [1.807, 2.05) is 23.1 Å². The summed E-state index contributed by atoms with van der Waals surface area (Å²) in [5.41, 5.74) is 1.81. The fourth-order valence-electron chi connectivity index (χ4n) is 3.98. The number of piperazine rings is 1. The Kier molecular flexibility index (Phi) is 5.09. The van der Waals surface area contributed by atoms with E-state index < -0.39 is 11.6 Å². The van der Waals surface area contributed by atoms with Crippen LogP contribution in [0.15, 0.2) is 48.5 Å². The molecule has 0 aliphatic carbocycles. The summed E-state index contributed by atoms with van der Waals surface area (Å²) in [6.45, 7) is 3.34.